The van der Waals surface area contributed by atoms with Gasteiger partial charge in [-0.05, 0) is 6.42 Å². The molecule has 2 aromatic rings. The maximum Gasteiger partial charge on any atom is 3.00 e. The number of unbranched alkanes of at least 4 members (excludes halogenated alkanes) is 1. The van der Waals surface area contributed by atoms with E-state index in [1.807, 2.05) is 0 Å². The number of hydrogen-bond donors (Lipinski definition) is 0. The smallest absolute Gasteiger partial charge is 1.00 e. The molecule has 0 aromatic heterocycles. The largest absolute Gasteiger partial charge is 3.00 e. The van der Waals surface area contributed by atoms with Crippen molar-refractivity contribution in [3.63, 3.8) is 0 Å². The SMILES string of the molecule is CCCCc1cc2ccccc2[cH-]1.[Cl-].[Cl-].[Ti+3]. The van der Waals surface area contributed by atoms with E-state index in [0.29, 0.717) is 0 Å². The molecular weight excluding hydrogens is 275 g/mol. The summed E-state index contributed by atoms with van der Waals surface area (Å²) in [4.78, 5) is 0. The van der Waals surface area contributed by atoms with Crippen molar-refractivity contribution in [1.29, 1.82) is 0 Å². The Hall–Kier alpha value is 0.124. The summed E-state index contributed by atoms with van der Waals surface area (Å²) in [5.41, 5.74) is 1.49. The van der Waals surface area contributed by atoms with Crippen molar-refractivity contribution >= 4 is 10.8 Å². The fourth-order valence-corrected chi connectivity index (χ4v) is 1.74. The molecule has 0 nitrogen and oxygen atoms in total. The van der Waals surface area contributed by atoms with Crippen LogP contribution in [-0.2, 0) is 28.1 Å². The van der Waals surface area contributed by atoms with Gasteiger partial charge >= 0.3 is 21.7 Å². The minimum absolute atomic E-state index is 0. The molecule has 0 aliphatic carbocycles. The number of rotatable bonds is 3. The predicted molar refractivity (Wildman–Crippen MR) is 58.2 cm³/mol. The van der Waals surface area contributed by atoms with Crippen LogP contribution >= 0.6 is 0 Å². The third-order valence-electron chi connectivity index (χ3n) is 2.50. The van der Waals surface area contributed by atoms with Gasteiger partial charge in [-0.2, -0.15) is 6.07 Å². The third-order valence-corrected chi connectivity index (χ3v) is 2.50. The summed E-state index contributed by atoms with van der Waals surface area (Å²) in [5, 5.41) is 2.77. The summed E-state index contributed by atoms with van der Waals surface area (Å²) in [6, 6.07) is 13.2. The van der Waals surface area contributed by atoms with Crippen LogP contribution in [0.5, 0.6) is 0 Å². The quantitative estimate of drug-likeness (QED) is 0.449. The minimum atomic E-state index is 0. The number of benzene rings is 1. The second-order valence-corrected chi connectivity index (χ2v) is 3.60. The van der Waals surface area contributed by atoms with Crippen LogP contribution < -0.4 is 24.8 Å². The Kier molecular flexibility index (Phi) is 10.6. The number of fused-ring (bicyclic) bond motifs is 1. The van der Waals surface area contributed by atoms with Crippen LogP contribution in [0, 0.1) is 0 Å². The molecule has 1 radical (unpaired) electrons. The van der Waals surface area contributed by atoms with E-state index in [-0.39, 0.29) is 46.5 Å². The Labute approximate surface area is 125 Å². The molecule has 0 bridgehead atoms. The Balaban J connectivity index is 0. The molecule has 85 valence electrons. The van der Waals surface area contributed by atoms with Crippen LogP contribution in [0.3, 0.4) is 0 Å². The molecule has 0 unspecified atom stereocenters. The van der Waals surface area contributed by atoms with Gasteiger partial charge in [0, 0.05) is 0 Å². The first kappa shape index (κ1) is 18.5. The van der Waals surface area contributed by atoms with Crippen molar-refractivity contribution < 1.29 is 46.5 Å². The number of aryl methyl sites for hydroxylation is 1. The first-order chi connectivity index (χ1) is 6.40. The predicted octanol–water partition coefficient (Wildman–Crippen LogP) is -2.09. The second kappa shape index (κ2) is 9.19. The van der Waals surface area contributed by atoms with Gasteiger partial charge in [0.2, 0.25) is 0 Å². The van der Waals surface area contributed by atoms with E-state index < -0.39 is 0 Å². The van der Waals surface area contributed by atoms with Crippen molar-refractivity contribution in [1.82, 2.24) is 0 Å². The zero-order valence-electron chi connectivity index (χ0n) is 9.34. The zero-order valence-corrected chi connectivity index (χ0v) is 12.4. The summed E-state index contributed by atoms with van der Waals surface area (Å²) in [6.07, 6.45) is 3.81. The summed E-state index contributed by atoms with van der Waals surface area (Å²) in [6.45, 7) is 2.24. The van der Waals surface area contributed by atoms with Crippen LogP contribution in [0.1, 0.15) is 25.3 Å². The summed E-state index contributed by atoms with van der Waals surface area (Å²) in [7, 11) is 0. The fraction of sp³-hybridized carbons (Fsp3) is 0.308. The first-order valence-electron chi connectivity index (χ1n) is 5.04. The number of halogens is 2. The molecule has 0 saturated carbocycles. The Morgan fingerprint density at radius 3 is 2.44 bits per heavy atom. The van der Waals surface area contributed by atoms with Crippen LogP contribution in [0.4, 0.5) is 0 Å². The van der Waals surface area contributed by atoms with Crippen LogP contribution in [0.2, 0.25) is 0 Å². The molecule has 16 heavy (non-hydrogen) atoms. The molecule has 0 atom stereocenters. The van der Waals surface area contributed by atoms with E-state index in [1.54, 1.807) is 0 Å². The van der Waals surface area contributed by atoms with Crippen molar-refractivity contribution in [2.24, 2.45) is 0 Å². The van der Waals surface area contributed by atoms with Gasteiger partial charge in [-0.3, -0.25) is 0 Å². The van der Waals surface area contributed by atoms with E-state index in [9.17, 15) is 0 Å². The summed E-state index contributed by atoms with van der Waals surface area (Å²) in [5.74, 6) is 0. The van der Waals surface area contributed by atoms with Gasteiger partial charge in [-0.1, -0.05) is 25.8 Å². The molecule has 0 spiro atoms. The van der Waals surface area contributed by atoms with Crippen LogP contribution in [0.25, 0.3) is 10.8 Å². The van der Waals surface area contributed by atoms with Crippen molar-refractivity contribution in [2.75, 3.05) is 0 Å². The molecule has 0 heterocycles. The van der Waals surface area contributed by atoms with Crippen molar-refractivity contribution in [3.05, 3.63) is 42.0 Å². The molecule has 0 aliphatic heterocycles. The van der Waals surface area contributed by atoms with E-state index in [4.69, 9.17) is 0 Å². The van der Waals surface area contributed by atoms with Gasteiger partial charge in [-0.15, -0.1) is 40.6 Å². The van der Waals surface area contributed by atoms with E-state index in [0.717, 1.165) is 0 Å². The minimum Gasteiger partial charge on any atom is -1.00 e. The van der Waals surface area contributed by atoms with Gasteiger partial charge in [0.05, 0.1) is 0 Å². The van der Waals surface area contributed by atoms with Gasteiger partial charge in [0.15, 0.2) is 0 Å². The van der Waals surface area contributed by atoms with E-state index in [1.165, 1.54) is 35.6 Å². The second-order valence-electron chi connectivity index (χ2n) is 3.60. The topological polar surface area (TPSA) is 0 Å². The molecule has 0 saturated heterocycles. The van der Waals surface area contributed by atoms with Gasteiger partial charge in [-0.25, -0.2) is 0 Å². The maximum absolute atomic E-state index is 2.31. The maximum atomic E-state index is 2.31. The molecule has 0 fully saturated rings. The number of hydrogen-bond acceptors (Lipinski definition) is 0. The molecule has 3 heteroatoms. The Morgan fingerprint density at radius 1 is 1.12 bits per heavy atom. The molecule has 0 N–H and O–H groups in total. The monoisotopic (exact) mass is 289 g/mol. The zero-order chi connectivity index (χ0) is 9.10. The van der Waals surface area contributed by atoms with Gasteiger partial charge < -0.3 is 24.8 Å². The normalized spacial score (nSPS) is 8.81. The van der Waals surface area contributed by atoms with Gasteiger partial charge in [0.1, 0.15) is 0 Å². The molecule has 0 amide bonds. The standard InChI is InChI=1S/C13H15.2ClH.Ti/c1-2-3-6-11-9-12-7-4-5-8-13(12)10-11;;;/h4-5,7-10H,2-3,6H2,1H3;2*1H;/q-1;;;+3/p-2. The van der Waals surface area contributed by atoms with Crippen molar-refractivity contribution in [2.45, 2.75) is 26.2 Å². The summed E-state index contributed by atoms with van der Waals surface area (Å²) < 4.78 is 0. The molecular formula is C13H15Cl2Ti. The first-order valence-corrected chi connectivity index (χ1v) is 5.04. The Bertz CT molecular complexity index is 362. The molecule has 0 aliphatic rings. The fourth-order valence-electron chi connectivity index (χ4n) is 1.74. The van der Waals surface area contributed by atoms with Crippen molar-refractivity contribution in [3.8, 4) is 0 Å². The molecule has 2 rings (SSSR count). The Morgan fingerprint density at radius 2 is 1.81 bits per heavy atom. The average Bonchev–Trinajstić information content (AvgIpc) is 2.57. The van der Waals surface area contributed by atoms with Crippen LogP contribution in [0.15, 0.2) is 36.4 Å². The average molecular weight is 290 g/mol. The van der Waals surface area contributed by atoms with Gasteiger partial charge in [0.25, 0.3) is 0 Å². The van der Waals surface area contributed by atoms with E-state index in [2.05, 4.69) is 43.3 Å². The summed E-state index contributed by atoms with van der Waals surface area (Å²) >= 11 is 0. The third kappa shape index (κ3) is 4.55. The molecule has 2 aromatic carbocycles. The van der Waals surface area contributed by atoms with Crippen LogP contribution in [-0.4, -0.2) is 0 Å². The van der Waals surface area contributed by atoms with E-state index >= 15 is 0 Å².